The molecule has 108 valence electrons. The molecule has 3 nitrogen and oxygen atoms in total. The van der Waals surface area contributed by atoms with E-state index in [0.29, 0.717) is 0 Å². The van der Waals surface area contributed by atoms with Gasteiger partial charge in [-0.25, -0.2) is 0 Å². The average molecular weight is 280 g/mol. The summed E-state index contributed by atoms with van der Waals surface area (Å²) in [5.74, 6) is 0.854. The van der Waals surface area contributed by atoms with Gasteiger partial charge < -0.3 is 4.90 Å². The van der Waals surface area contributed by atoms with Gasteiger partial charge in [-0.1, -0.05) is 37.3 Å². The van der Waals surface area contributed by atoms with Gasteiger partial charge in [0.1, 0.15) is 0 Å². The fraction of sp³-hybridized carbons (Fsp3) is 0.333. The monoisotopic (exact) mass is 280 g/mol. The van der Waals surface area contributed by atoms with Gasteiger partial charge in [-0.15, -0.1) is 0 Å². The number of rotatable bonds is 2. The largest absolute Gasteiger partial charge is 0.339 e. The number of hydrogen-bond acceptors (Lipinski definition) is 2. The van der Waals surface area contributed by atoms with Crippen LogP contribution in [0.15, 0.2) is 48.7 Å². The Hall–Kier alpha value is -2.16. The lowest BCUT2D eigenvalue weighted by molar-refractivity contribution is 0.0697. The highest BCUT2D eigenvalue weighted by atomic mass is 16.2. The molecule has 1 aromatic carbocycles. The third-order valence-corrected chi connectivity index (χ3v) is 4.15. The molecule has 1 amide bonds. The molecule has 21 heavy (non-hydrogen) atoms. The average Bonchev–Trinajstić information content (AvgIpc) is 2.56. The lowest BCUT2D eigenvalue weighted by Crippen LogP contribution is -2.37. The fourth-order valence-corrected chi connectivity index (χ4v) is 2.72. The van der Waals surface area contributed by atoms with Crippen LogP contribution in [0.3, 0.4) is 0 Å². The molecule has 0 radical (unpaired) electrons. The molecule has 3 rings (SSSR count). The summed E-state index contributed by atoms with van der Waals surface area (Å²) in [6.07, 6.45) is 3.92. The first-order valence-electron chi connectivity index (χ1n) is 7.55. The number of piperidine rings is 1. The van der Waals surface area contributed by atoms with E-state index in [9.17, 15) is 4.79 Å². The van der Waals surface area contributed by atoms with Gasteiger partial charge in [0.25, 0.3) is 5.91 Å². The van der Waals surface area contributed by atoms with E-state index >= 15 is 0 Å². The van der Waals surface area contributed by atoms with Crippen LogP contribution in [0.5, 0.6) is 0 Å². The van der Waals surface area contributed by atoms with Crippen LogP contribution in [-0.4, -0.2) is 28.9 Å². The van der Waals surface area contributed by atoms with Crippen LogP contribution in [0, 0.1) is 5.92 Å². The summed E-state index contributed by atoms with van der Waals surface area (Å²) in [6, 6.07) is 13.7. The Morgan fingerprint density at radius 2 is 1.86 bits per heavy atom. The Morgan fingerprint density at radius 3 is 2.57 bits per heavy atom. The maximum Gasteiger partial charge on any atom is 0.253 e. The number of nitrogens with zero attached hydrogens (tertiary/aromatic N) is 2. The van der Waals surface area contributed by atoms with Crippen molar-refractivity contribution < 1.29 is 4.79 Å². The van der Waals surface area contributed by atoms with Crippen LogP contribution in [0.4, 0.5) is 0 Å². The second kappa shape index (κ2) is 6.08. The summed E-state index contributed by atoms with van der Waals surface area (Å²) in [6.45, 7) is 3.98. The van der Waals surface area contributed by atoms with E-state index in [1.807, 2.05) is 47.4 Å². The van der Waals surface area contributed by atoms with Crippen LogP contribution in [0.25, 0.3) is 11.3 Å². The number of likely N-dealkylation sites (tertiary alicyclic amines) is 1. The zero-order valence-electron chi connectivity index (χ0n) is 12.3. The molecule has 1 saturated heterocycles. The topological polar surface area (TPSA) is 33.2 Å². The smallest absolute Gasteiger partial charge is 0.253 e. The van der Waals surface area contributed by atoms with E-state index in [0.717, 1.165) is 48.7 Å². The van der Waals surface area contributed by atoms with E-state index in [1.165, 1.54) is 0 Å². The van der Waals surface area contributed by atoms with Gasteiger partial charge in [0.15, 0.2) is 0 Å². The molecule has 0 unspecified atom stereocenters. The molecule has 0 bridgehead atoms. The molecule has 1 fully saturated rings. The molecule has 2 heterocycles. The molecule has 1 aliphatic rings. The molecule has 0 spiro atoms. The normalized spacial score (nSPS) is 16.0. The first kappa shape index (κ1) is 13.8. The summed E-state index contributed by atoms with van der Waals surface area (Å²) in [7, 11) is 0. The Bertz CT molecular complexity index is 616. The van der Waals surface area contributed by atoms with Crippen LogP contribution in [0.2, 0.25) is 0 Å². The van der Waals surface area contributed by atoms with E-state index < -0.39 is 0 Å². The van der Waals surface area contributed by atoms with Gasteiger partial charge in [0.2, 0.25) is 0 Å². The molecular formula is C18H20N2O. The van der Waals surface area contributed by atoms with Gasteiger partial charge in [-0.05, 0) is 30.9 Å². The summed E-state index contributed by atoms with van der Waals surface area (Å²) in [4.78, 5) is 18.9. The number of carbonyl (C=O) groups excluding carboxylic acids is 1. The molecule has 3 heteroatoms. The van der Waals surface area contributed by atoms with Crippen molar-refractivity contribution >= 4 is 5.91 Å². The van der Waals surface area contributed by atoms with Crippen LogP contribution in [-0.2, 0) is 0 Å². The highest BCUT2D eigenvalue weighted by molar-refractivity contribution is 5.95. The van der Waals surface area contributed by atoms with Crippen molar-refractivity contribution in [1.82, 2.24) is 9.88 Å². The van der Waals surface area contributed by atoms with Gasteiger partial charge in [0, 0.05) is 30.4 Å². The van der Waals surface area contributed by atoms with Gasteiger partial charge in [-0.3, -0.25) is 9.78 Å². The van der Waals surface area contributed by atoms with E-state index in [4.69, 9.17) is 0 Å². The van der Waals surface area contributed by atoms with Gasteiger partial charge >= 0.3 is 0 Å². The minimum atomic E-state index is 0.126. The SMILES string of the molecule is CC1CCN(C(=O)c2ccnc(-c3ccccc3)c2)CC1. The quantitative estimate of drug-likeness (QED) is 0.841. The Balaban J connectivity index is 1.81. The highest BCUT2D eigenvalue weighted by Gasteiger charge is 2.21. The fourth-order valence-electron chi connectivity index (χ4n) is 2.72. The Labute approximate surface area is 125 Å². The van der Waals surface area contributed by atoms with Crippen LogP contribution >= 0.6 is 0 Å². The van der Waals surface area contributed by atoms with Crippen molar-refractivity contribution in [2.45, 2.75) is 19.8 Å². The number of amides is 1. The number of carbonyl (C=O) groups is 1. The minimum absolute atomic E-state index is 0.126. The molecule has 0 atom stereocenters. The molecule has 0 N–H and O–H groups in total. The summed E-state index contributed by atoms with van der Waals surface area (Å²) >= 11 is 0. The Morgan fingerprint density at radius 1 is 1.14 bits per heavy atom. The summed E-state index contributed by atoms with van der Waals surface area (Å²) < 4.78 is 0. The Kier molecular flexibility index (Phi) is 4.00. The maximum atomic E-state index is 12.6. The predicted molar refractivity (Wildman–Crippen MR) is 84.0 cm³/mol. The number of hydrogen-bond donors (Lipinski definition) is 0. The van der Waals surface area contributed by atoms with E-state index in [1.54, 1.807) is 6.20 Å². The highest BCUT2D eigenvalue weighted by Crippen LogP contribution is 2.21. The maximum absolute atomic E-state index is 12.6. The molecule has 0 saturated carbocycles. The molecule has 1 aromatic heterocycles. The number of pyridine rings is 1. The molecular weight excluding hydrogens is 260 g/mol. The predicted octanol–water partition coefficient (Wildman–Crippen LogP) is 3.62. The van der Waals surface area contributed by atoms with E-state index in [-0.39, 0.29) is 5.91 Å². The second-order valence-corrected chi connectivity index (χ2v) is 5.77. The second-order valence-electron chi connectivity index (χ2n) is 5.77. The van der Waals surface area contributed by atoms with Crippen LogP contribution < -0.4 is 0 Å². The zero-order valence-corrected chi connectivity index (χ0v) is 12.3. The van der Waals surface area contributed by atoms with Crippen molar-refractivity contribution in [2.24, 2.45) is 5.92 Å². The molecule has 2 aromatic rings. The van der Waals surface area contributed by atoms with E-state index in [2.05, 4.69) is 11.9 Å². The lowest BCUT2D eigenvalue weighted by Gasteiger charge is -2.30. The zero-order chi connectivity index (χ0) is 14.7. The molecule has 1 aliphatic heterocycles. The molecule has 0 aliphatic carbocycles. The minimum Gasteiger partial charge on any atom is -0.339 e. The first-order chi connectivity index (χ1) is 10.2. The first-order valence-corrected chi connectivity index (χ1v) is 7.55. The standard InChI is InChI=1S/C18H20N2O/c1-14-8-11-20(12-9-14)18(21)16-7-10-19-17(13-16)15-5-3-2-4-6-15/h2-7,10,13-14H,8-9,11-12H2,1H3. The van der Waals surface area contributed by atoms with Crippen molar-refractivity contribution in [3.05, 3.63) is 54.2 Å². The van der Waals surface area contributed by atoms with Crippen molar-refractivity contribution in [1.29, 1.82) is 0 Å². The van der Waals surface area contributed by atoms with Crippen LogP contribution in [0.1, 0.15) is 30.1 Å². The number of benzene rings is 1. The summed E-state index contributed by atoms with van der Waals surface area (Å²) in [5, 5.41) is 0. The van der Waals surface area contributed by atoms with Crippen molar-refractivity contribution in [3.8, 4) is 11.3 Å². The summed E-state index contributed by atoms with van der Waals surface area (Å²) in [5.41, 5.74) is 2.63. The van der Waals surface area contributed by atoms with Gasteiger partial charge in [-0.2, -0.15) is 0 Å². The van der Waals surface area contributed by atoms with Crippen molar-refractivity contribution in [3.63, 3.8) is 0 Å². The third kappa shape index (κ3) is 3.13. The number of aromatic nitrogens is 1. The third-order valence-electron chi connectivity index (χ3n) is 4.15. The van der Waals surface area contributed by atoms with Crippen molar-refractivity contribution in [2.75, 3.05) is 13.1 Å². The van der Waals surface area contributed by atoms with Gasteiger partial charge in [0.05, 0.1) is 5.69 Å². The lowest BCUT2D eigenvalue weighted by atomic mass is 9.98.